The van der Waals surface area contributed by atoms with E-state index in [-0.39, 0.29) is 30.7 Å². The van der Waals surface area contributed by atoms with Crippen molar-refractivity contribution in [3.8, 4) is 0 Å². The molecule has 0 radical (unpaired) electrons. The van der Waals surface area contributed by atoms with Crippen LogP contribution in [0.25, 0.3) is 0 Å². The fraction of sp³-hybridized carbons (Fsp3) is 0.667. The van der Waals surface area contributed by atoms with Gasteiger partial charge in [-0.25, -0.2) is 0 Å². The summed E-state index contributed by atoms with van der Waals surface area (Å²) in [6.07, 6.45) is 4.03. The van der Waals surface area contributed by atoms with E-state index in [0.717, 1.165) is 19.0 Å². The SMILES string of the molecule is CC1CCCN(Cc2ccccc2CNC(=O)C2(CN)CCOCC2)C1.Cl.Cl. The van der Waals surface area contributed by atoms with Crippen molar-refractivity contribution in [2.75, 3.05) is 32.8 Å². The van der Waals surface area contributed by atoms with Crippen LogP contribution in [-0.2, 0) is 22.6 Å². The van der Waals surface area contributed by atoms with Crippen molar-refractivity contribution in [2.45, 2.75) is 45.7 Å². The molecule has 28 heavy (non-hydrogen) atoms. The number of ether oxygens (including phenoxy) is 1. The highest BCUT2D eigenvalue weighted by atomic mass is 35.5. The van der Waals surface area contributed by atoms with Crippen molar-refractivity contribution in [1.29, 1.82) is 0 Å². The van der Waals surface area contributed by atoms with Crippen molar-refractivity contribution in [3.63, 3.8) is 0 Å². The summed E-state index contributed by atoms with van der Waals surface area (Å²) < 4.78 is 5.41. The number of carbonyl (C=O) groups is 1. The van der Waals surface area contributed by atoms with Crippen molar-refractivity contribution in [2.24, 2.45) is 17.1 Å². The maximum Gasteiger partial charge on any atom is 0.227 e. The van der Waals surface area contributed by atoms with Gasteiger partial charge in [0.05, 0.1) is 5.41 Å². The molecule has 1 atom stereocenters. The van der Waals surface area contributed by atoms with Crippen LogP contribution < -0.4 is 11.1 Å². The number of nitrogens with zero attached hydrogens (tertiary/aromatic N) is 1. The number of hydrogen-bond acceptors (Lipinski definition) is 4. The molecule has 0 spiro atoms. The minimum Gasteiger partial charge on any atom is -0.381 e. The molecule has 0 bridgehead atoms. The number of carbonyl (C=O) groups excluding carboxylic acids is 1. The van der Waals surface area contributed by atoms with E-state index < -0.39 is 5.41 Å². The second-order valence-electron chi connectivity index (χ2n) is 8.03. The van der Waals surface area contributed by atoms with Crippen molar-refractivity contribution < 1.29 is 9.53 Å². The Balaban J connectivity index is 0.00000196. The van der Waals surface area contributed by atoms with Crippen LogP contribution in [0, 0.1) is 11.3 Å². The number of likely N-dealkylation sites (tertiary alicyclic amines) is 1. The number of nitrogens with one attached hydrogen (secondary N) is 1. The summed E-state index contributed by atoms with van der Waals surface area (Å²) in [6.45, 7) is 7.82. The van der Waals surface area contributed by atoms with E-state index in [0.29, 0.717) is 39.1 Å². The zero-order chi connectivity index (χ0) is 18.4. The zero-order valence-corrected chi connectivity index (χ0v) is 18.5. The molecule has 3 rings (SSSR count). The van der Waals surface area contributed by atoms with Gasteiger partial charge in [-0.05, 0) is 49.3 Å². The van der Waals surface area contributed by atoms with Gasteiger partial charge in [-0.3, -0.25) is 9.69 Å². The Morgan fingerprint density at radius 3 is 2.57 bits per heavy atom. The van der Waals surface area contributed by atoms with Gasteiger partial charge in [-0.15, -0.1) is 24.8 Å². The first-order valence-corrected chi connectivity index (χ1v) is 9.98. The van der Waals surface area contributed by atoms with Gasteiger partial charge in [-0.1, -0.05) is 31.2 Å². The third-order valence-corrected chi connectivity index (χ3v) is 6.02. The smallest absolute Gasteiger partial charge is 0.227 e. The minimum atomic E-state index is -0.463. The molecule has 2 aliphatic heterocycles. The standard InChI is InChI=1S/C21H33N3O2.2ClH/c1-17-5-4-10-24(14-17)15-19-7-3-2-6-18(19)13-23-20(25)21(16-22)8-11-26-12-9-21;;/h2-3,6-7,17H,4-5,8-16,22H2,1H3,(H,23,25);2*1H. The Hall–Kier alpha value is -0.850. The molecule has 0 aromatic heterocycles. The molecule has 1 aromatic carbocycles. The van der Waals surface area contributed by atoms with E-state index in [2.05, 4.69) is 41.4 Å². The van der Waals surface area contributed by atoms with E-state index in [4.69, 9.17) is 10.5 Å². The predicted molar refractivity (Wildman–Crippen MR) is 118 cm³/mol. The summed E-state index contributed by atoms with van der Waals surface area (Å²) in [4.78, 5) is 15.3. The van der Waals surface area contributed by atoms with Gasteiger partial charge >= 0.3 is 0 Å². The maximum absolute atomic E-state index is 12.8. The highest BCUT2D eigenvalue weighted by molar-refractivity contribution is 5.85. The molecule has 2 fully saturated rings. The summed E-state index contributed by atoms with van der Waals surface area (Å²) in [5, 5.41) is 3.15. The second kappa shape index (κ2) is 12.0. The Morgan fingerprint density at radius 2 is 1.93 bits per heavy atom. The third-order valence-electron chi connectivity index (χ3n) is 6.02. The molecule has 2 aliphatic rings. The molecular weight excluding hydrogens is 397 g/mol. The summed E-state index contributed by atoms with van der Waals surface area (Å²) in [5.74, 6) is 0.846. The molecule has 2 saturated heterocycles. The van der Waals surface area contributed by atoms with Crippen LogP contribution in [0.15, 0.2) is 24.3 Å². The van der Waals surface area contributed by atoms with Crippen molar-refractivity contribution >= 4 is 30.7 Å². The highest BCUT2D eigenvalue weighted by Crippen LogP contribution is 2.29. The number of nitrogens with two attached hydrogens (primary N) is 1. The van der Waals surface area contributed by atoms with E-state index in [1.54, 1.807) is 0 Å². The largest absolute Gasteiger partial charge is 0.381 e. The molecular formula is C21H35Cl2N3O2. The summed E-state index contributed by atoms with van der Waals surface area (Å²) in [6, 6.07) is 8.46. The van der Waals surface area contributed by atoms with Crippen LogP contribution in [0.1, 0.15) is 43.7 Å². The monoisotopic (exact) mass is 431 g/mol. The van der Waals surface area contributed by atoms with E-state index >= 15 is 0 Å². The number of rotatable bonds is 6. The normalized spacial score (nSPS) is 21.9. The predicted octanol–water partition coefficient (Wildman–Crippen LogP) is 3.13. The van der Waals surface area contributed by atoms with Gasteiger partial charge in [0.25, 0.3) is 0 Å². The second-order valence-corrected chi connectivity index (χ2v) is 8.03. The highest BCUT2D eigenvalue weighted by Gasteiger charge is 2.38. The lowest BCUT2D eigenvalue weighted by Crippen LogP contribution is -2.49. The molecule has 5 nitrogen and oxygen atoms in total. The number of hydrogen-bond donors (Lipinski definition) is 2. The maximum atomic E-state index is 12.8. The van der Waals surface area contributed by atoms with Gasteiger partial charge in [0.1, 0.15) is 0 Å². The van der Waals surface area contributed by atoms with Crippen LogP contribution in [0.5, 0.6) is 0 Å². The zero-order valence-electron chi connectivity index (χ0n) is 16.8. The average molecular weight is 432 g/mol. The van der Waals surface area contributed by atoms with Gasteiger partial charge in [0.15, 0.2) is 0 Å². The van der Waals surface area contributed by atoms with Crippen molar-refractivity contribution in [3.05, 3.63) is 35.4 Å². The van der Waals surface area contributed by atoms with Crippen LogP contribution in [0.3, 0.4) is 0 Å². The van der Waals surface area contributed by atoms with Gasteiger partial charge in [0, 0.05) is 39.4 Å². The molecule has 3 N–H and O–H groups in total. The van der Waals surface area contributed by atoms with Gasteiger partial charge in [0.2, 0.25) is 5.91 Å². The number of amides is 1. The summed E-state index contributed by atoms with van der Waals surface area (Å²) in [5.41, 5.74) is 8.01. The quantitative estimate of drug-likeness (QED) is 0.725. The Morgan fingerprint density at radius 1 is 1.25 bits per heavy atom. The fourth-order valence-corrected chi connectivity index (χ4v) is 4.20. The molecule has 1 amide bonds. The van der Waals surface area contributed by atoms with Gasteiger partial charge < -0.3 is 15.8 Å². The van der Waals surface area contributed by atoms with Crippen LogP contribution >= 0.6 is 24.8 Å². The Bertz CT molecular complexity index is 609. The average Bonchev–Trinajstić information content (AvgIpc) is 2.67. The molecule has 7 heteroatoms. The molecule has 1 aromatic rings. The van der Waals surface area contributed by atoms with E-state index in [1.165, 1.54) is 30.5 Å². The number of piperidine rings is 1. The van der Waals surface area contributed by atoms with Crippen LogP contribution in [0.2, 0.25) is 0 Å². The molecule has 2 heterocycles. The Labute approximate surface area is 181 Å². The summed E-state index contributed by atoms with van der Waals surface area (Å²) >= 11 is 0. The molecule has 0 saturated carbocycles. The number of benzene rings is 1. The molecule has 160 valence electrons. The van der Waals surface area contributed by atoms with Crippen LogP contribution in [0.4, 0.5) is 0 Å². The molecule has 0 aliphatic carbocycles. The Kier molecular flexibility index (Phi) is 10.8. The topological polar surface area (TPSA) is 67.6 Å². The summed E-state index contributed by atoms with van der Waals surface area (Å²) in [7, 11) is 0. The van der Waals surface area contributed by atoms with Crippen LogP contribution in [-0.4, -0.2) is 43.7 Å². The van der Waals surface area contributed by atoms with E-state index in [9.17, 15) is 4.79 Å². The first-order valence-electron chi connectivity index (χ1n) is 9.98. The number of halogens is 2. The van der Waals surface area contributed by atoms with Crippen molar-refractivity contribution in [1.82, 2.24) is 10.2 Å². The fourth-order valence-electron chi connectivity index (χ4n) is 4.20. The lowest BCUT2D eigenvalue weighted by atomic mass is 9.79. The molecule has 1 unspecified atom stereocenters. The first-order chi connectivity index (χ1) is 12.6. The first kappa shape index (κ1) is 25.2. The lowest BCUT2D eigenvalue weighted by Gasteiger charge is -2.34. The third kappa shape index (κ3) is 6.33. The lowest BCUT2D eigenvalue weighted by molar-refractivity contribution is -0.136. The minimum absolute atomic E-state index is 0. The van der Waals surface area contributed by atoms with Gasteiger partial charge in [-0.2, -0.15) is 0 Å². The van der Waals surface area contributed by atoms with E-state index in [1.807, 2.05) is 0 Å².